The van der Waals surface area contributed by atoms with Gasteiger partial charge in [0, 0.05) is 30.3 Å². The molecule has 1 saturated heterocycles. The number of carbonyl (C=O) groups is 1. The summed E-state index contributed by atoms with van der Waals surface area (Å²) in [4.78, 5) is 16.9. The van der Waals surface area contributed by atoms with E-state index in [1.807, 2.05) is 11.8 Å². The molecule has 1 N–H and O–H groups in total. The zero-order valence-electron chi connectivity index (χ0n) is 12.5. The number of hydrogen-bond donors (Lipinski definition) is 1. The van der Waals surface area contributed by atoms with E-state index in [1.54, 1.807) is 11.3 Å². The number of nitrogens with zero attached hydrogens (tertiary/aromatic N) is 2. The molecule has 3 rings (SSSR count). The molecule has 1 aromatic heterocycles. The molecule has 1 atom stereocenters. The Morgan fingerprint density at radius 1 is 1.33 bits per heavy atom. The second-order valence-corrected chi connectivity index (χ2v) is 7.25. The number of amides is 1. The molecular weight excluding hydrogens is 284 g/mol. The van der Waals surface area contributed by atoms with Crippen molar-refractivity contribution in [2.45, 2.75) is 45.4 Å². The Balaban J connectivity index is 1.74. The predicted octanol–water partition coefficient (Wildman–Crippen LogP) is 3.33. The van der Waals surface area contributed by atoms with E-state index in [4.69, 9.17) is 5.21 Å². The van der Waals surface area contributed by atoms with Crippen LogP contribution in [0.1, 0.15) is 52.7 Å². The molecule has 1 aliphatic heterocycles. The molecular formula is C16H22N2O2S. The van der Waals surface area contributed by atoms with E-state index >= 15 is 0 Å². The maximum absolute atomic E-state index is 12.7. The first-order valence-corrected chi connectivity index (χ1v) is 8.62. The molecule has 1 aliphatic carbocycles. The number of fused-ring (bicyclic) bond motifs is 1. The Morgan fingerprint density at radius 2 is 2.14 bits per heavy atom. The van der Waals surface area contributed by atoms with E-state index in [1.165, 1.54) is 29.7 Å². The third kappa shape index (κ3) is 2.98. The highest BCUT2D eigenvalue weighted by atomic mass is 32.1. The number of thiophene rings is 1. The molecule has 0 aromatic carbocycles. The van der Waals surface area contributed by atoms with Crippen LogP contribution < -0.4 is 0 Å². The number of piperidine rings is 1. The van der Waals surface area contributed by atoms with E-state index in [-0.39, 0.29) is 11.8 Å². The van der Waals surface area contributed by atoms with Crippen LogP contribution in [0.4, 0.5) is 0 Å². The van der Waals surface area contributed by atoms with Crippen LogP contribution in [-0.4, -0.2) is 34.8 Å². The van der Waals surface area contributed by atoms with Crippen molar-refractivity contribution in [3.8, 4) is 0 Å². The molecule has 21 heavy (non-hydrogen) atoms. The van der Waals surface area contributed by atoms with Gasteiger partial charge in [0.1, 0.15) is 0 Å². The molecule has 4 nitrogen and oxygen atoms in total. The highest BCUT2D eigenvalue weighted by molar-refractivity contribution is 7.14. The molecule has 1 aromatic rings. The van der Waals surface area contributed by atoms with Crippen molar-refractivity contribution in [2.24, 2.45) is 11.1 Å². The van der Waals surface area contributed by atoms with Crippen molar-refractivity contribution in [3.05, 3.63) is 21.4 Å². The molecule has 0 radical (unpaired) electrons. The first kappa shape index (κ1) is 14.6. The number of oxime groups is 1. The highest BCUT2D eigenvalue weighted by Gasteiger charge is 2.28. The van der Waals surface area contributed by atoms with Crippen LogP contribution in [0.2, 0.25) is 0 Å². The van der Waals surface area contributed by atoms with Gasteiger partial charge in [-0.25, -0.2) is 0 Å². The van der Waals surface area contributed by atoms with Crippen LogP contribution in [-0.2, 0) is 12.8 Å². The number of rotatable bonds is 1. The predicted molar refractivity (Wildman–Crippen MR) is 84.5 cm³/mol. The Hall–Kier alpha value is -1.36. The Labute approximate surface area is 129 Å². The van der Waals surface area contributed by atoms with Crippen molar-refractivity contribution in [2.75, 3.05) is 13.1 Å². The topological polar surface area (TPSA) is 52.9 Å². The molecule has 0 saturated carbocycles. The molecule has 2 aliphatic rings. The standard InChI is InChI=1S/C16H22N2O2S/c1-11-10-18(8-7-13(11)17-20)16(19)15-9-12-5-3-2-4-6-14(12)21-15/h9,11,20H,2-8,10H2,1H3. The van der Waals surface area contributed by atoms with Gasteiger partial charge in [0.05, 0.1) is 10.6 Å². The quantitative estimate of drug-likeness (QED) is 0.491. The van der Waals surface area contributed by atoms with Crippen LogP contribution in [0.5, 0.6) is 0 Å². The van der Waals surface area contributed by atoms with Crippen LogP contribution >= 0.6 is 11.3 Å². The summed E-state index contributed by atoms with van der Waals surface area (Å²) in [6.07, 6.45) is 6.72. The molecule has 114 valence electrons. The minimum atomic E-state index is 0.144. The van der Waals surface area contributed by atoms with Gasteiger partial charge in [0.15, 0.2) is 0 Å². The van der Waals surface area contributed by atoms with Gasteiger partial charge in [-0.2, -0.15) is 0 Å². The first-order valence-electron chi connectivity index (χ1n) is 7.80. The van der Waals surface area contributed by atoms with Crippen LogP contribution in [0.3, 0.4) is 0 Å². The Morgan fingerprint density at radius 3 is 2.90 bits per heavy atom. The van der Waals surface area contributed by atoms with E-state index in [9.17, 15) is 4.79 Å². The zero-order chi connectivity index (χ0) is 14.8. The summed E-state index contributed by atoms with van der Waals surface area (Å²) >= 11 is 1.69. The lowest BCUT2D eigenvalue weighted by atomic mass is 9.97. The smallest absolute Gasteiger partial charge is 0.263 e. The van der Waals surface area contributed by atoms with Crippen molar-refractivity contribution in [3.63, 3.8) is 0 Å². The highest BCUT2D eigenvalue weighted by Crippen LogP contribution is 2.30. The fourth-order valence-corrected chi connectivity index (χ4v) is 4.51. The lowest BCUT2D eigenvalue weighted by Crippen LogP contribution is -2.43. The minimum absolute atomic E-state index is 0.144. The van der Waals surface area contributed by atoms with Gasteiger partial charge < -0.3 is 10.1 Å². The van der Waals surface area contributed by atoms with Gasteiger partial charge in [0.25, 0.3) is 5.91 Å². The Bertz CT molecular complexity index is 541. The summed E-state index contributed by atoms with van der Waals surface area (Å²) in [7, 11) is 0. The summed E-state index contributed by atoms with van der Waals surface area (Å²) in [6, 6.07) is 2.12. The van der Waals surface area contributed by atoms with Gasteiger partial charge in [-0.15, -0.1) is 11.3 Å². The summed E-state index contributed by atoms with van der Waals surface area (Å²) < 4.78 is 0. The SMILES string of the molecule is CC1CN(C(=O)c2cc3c(s2)CCCCC3)CCC1=NO. The summed E-state index contributed by atoms with van der Waals surface area (Å²) in [6.45, 7) is 3.32. The maximum atomic E-state index is 12.7. The first-order chi connectivity index (χ1) is 10.2. The summed E-state index contributed by atoms with van der Waals surface area (Å²) in [5.41, 5.74) is 2.20. The Kier molecular flexibility index (Phi) is 4.29. The normalized spacial score (nSPS) is 24.7. The fraction of sp³-hybridized carbons (Fsp3) is 0.625. The van der Waals surface area contributed by atoms with Gasteiger partial charge in [-0.1, -0.05) is 18.5 Å². The van der Waals surface area contributed by atoms with E-state index in [2.05, 4.69) is 11.2 Å². The molecule has 1 fully saturated rings. The third-order valence-electron chi connectivity index (χ3n) is 4.57. The average Bonchev–Trinajstić information content (AvgIpc) is 2.77. The lowest BCUT2D eigenvalue weighted by Gasteiger charge is -2.31. The molecule has 5 heteroatoms. The minimum Gasteiger partial charge on any atom is -0.411 e. The number of likely N-dealkylation sites (tertiary alicyclic amines) is 1. The van der Waals surface area contributed by atoms with Crippen LogP contribution in [0.15, 0.2) is 11.2 Å². The monoisotopic (exact) mass is 306 g/mol. The largest absolute Gasteiger partial charge is 0.411 e. The number of aryl methyl sites for hydroxylation is 2. The molecule has 0 bridgehead atoms. The molecule has 1 unspecified atom stereocenters. The second-order valence-electron chi connectivity index (χ2n) is 6.11. The second kappa shape index (κ2) is 6.18. The van der Waals surface area contributed by atoms with E-state index in [0.29, 0.717) is 19.5 Å². The van der Waals surface area contributed by atoms with Gasteiger partial charge in [-0.05, 0) is 37.3 Å². The number of carbonyl (C=O) groups excluding carboxylic acids is 1. The summed E-state index contributed by atoms with van der Waals surface area (Å²) in [5, 5.41) is 12.3. The van der Waals surface area contributed by atoms with Crippen LogP contribution in [0, 0.1) is 5.92 Å². The van der Waals surface area contributed by atoms with Gasteiger partial charge >= 0.3 is 0 Å². The molecule has 1 amide bonds. The fourth-order valence-electron chi connectivity index (χ4n) is 3.28. The summed E-state index contributed by atoms with van der Waals surface area (Å²) in [5.74, 6) is 0.294. The van der Waals surface area contributed by atoms with E-state index < -0.39 is 0 Å². The molecule has 2 heterocycles. The van der Waals surface area contributed by atoms with Crippen LogP contribution in [0.25, 0.3) is 0 Å². The molecule has 0 spiro atoms. The van der Waals surface area contributed by atoms with Gasteiger partial charge in [0.2, 0.25) is 0 Å². The van der Waals surface area contributed by atoms with Crippen molar-refractivity contribution < 1.29 is 10.0 Å². The van der Waals surface area contributed by atoms with Gasteiger partial charge in [-0.3, -0.25) is 4.79 Å². The zero-order valence-corrected chi connectivity index (χ0v) is 13.3. The van der Waals surface area contributed by atoms with Crippen molar-refractivity contribution in [1.82, 2.24) is 4.90 Å². The maximum Gasteiger partial charge on any atom is 0.263 e. The number of hydrogen-bond acceptors (Lipinski definition) is 4. The van der Waals surface area contributed by atoms with Crippen molar-refractivity contribution in [1.29, 1.82) is 0 Å². The van der Waals surface area contributed by atoms with E-state index in [0.717, 1.165) is 23.4 Å². The van der Waals surface area contributed by atoms with Crippen molar-refractivity contribution >= 4 is 23.0 Å². The third-order valence-corrected chi connectivity index (χ3v) is 5.80. The average molecular weight is 306 g/mol. The lowest BCUT2D eigenvalue weighted by molar-refractivity contribution is 0.0739.